The molecule has 146 valence electrons. The lowest BCUT2D eigenvalue weighted by Gasteiger charge is -2.22. The molecule has 1 atom stereocenters. The number of carbonyl (C=O) groups is 1. The number of anilines is 1. The third-order valence-corrected chi connectivity index (χ3v) is 7.38. The standard InChI is InChI=1S/C18H24N4O3S2/c1-3-4-11-27(24,25)22-10-6-9-15(22)16(23)19-18-21-20-17(26-18)14-8-5-7-13(2)12-14/h5,7-8,12,15H,3-4,6,9-11H2,1-2H3,(H,19,21,23). The van der Waals surface area contributed by atoms with E-state index >= 15 is 0 Å². The van der Waals surface area contributed by atoms with Gasteiger partial charge in [-0.1, -0.05) is 48.4 Å². The highest BCUT2D eigenvalue weighted by Gasteiger charge is 2.38. The van der Waals surface area contributed by atoms with Crippen LogP contribution in [0.3, 0.4) is 0 Å². The van der Waals surface area contributed by atoms with Gasteiger partial charge in [-0.05, 0) is 32.3 Å². The zero-order valence-electron chi connectivity index (χ0n) is 15.5. The molecule has 9 heteroatoms. The number of carbonyl (C=O) groups excluding carboxylic acids is 1. The summed E-state index contributed by atoms with van der Waals surface area (Å²) in [6.07, 6.45) is 2.62. The lowest BCUT2D eigenvalue weighted by atomic mass is 10.1. The molecule has 1 fully saturated rings. The van der Waals surface area contributed by atoms with Crippen molar-refractivity contribution in [2.45, 2.75) is 45.6 Å². The number of nitrogens with one attached hydrogen (secondary N) is 1. The van der Waals surface area contributed by atoms with Gasteiger partial charge >= 0.3 is 0 Å². The van der Waals surface area contributed by atoms with Crippen molar-refractivity contribution in [2.24, 2.45) is 0 Å². The van der Waals surface area contributed by atoms with E-state index in [0.29, 0.717) is 35.9 Å². The third kappa shape index (κ3) is 4.72. The summed E-state index contributed by atoms with van der Waals surface area (Å²) in [5.74, 6) is -0.247. The second-order valence-electron chi connectivity index (χ2n) is 6.71. The first-order chi connectivity index (χ1) is 12.9. The number of sulfonamides is 1. The fourth-order valence-electron chi connectivity index (χ4n) is 3.14. The van der Waals surface area contributed by atoms with Gasteiger partial charge in [-0.15, -0.1) is 10.2 Å². The van der Waals surface area contributed by atoms with Crippen LogP contribution in [-0.2, 0) is 14.8 Å². The summed E-state index contributed by atoms with van der Waals surface area (Å²) in [6, 6.07) is 7.23. The van der Waals surface area contributed by atoms with E-state index in [1.54, 1.807) is 0 Å². The van der Waals surface area contributed by atoms with Crippen LogP contribution in [0.1, 0.15) is 38.2 Å². The number of unbranched alkanes of at least 4 members (excludes halogenated alkanes) is 1. The lowest BCUT2D eigenvalue weighted by molar-refractivity contribution is -0.119. The Labute approximate surface area is 163 Å². The quantitative estimate of drug-likeness (QED) is 0.760. The predicted octanol–water partition coefficient (Wildman–Crippen LogP) is 3.05. The van der Waals surface area contributed by atoms with Gasteiger partial charge in [-0.25, -0.2) is 8.42 Å². The van der Waals surface area contributed by atoms with Crippen LogP contribution in [0.2, 0.25) is 0 Å². The summed E-state index contributed by atoms with van der Waals surface area (Å²) < 4.78 is 26.3. The van der Waals surface area contributed by atoms with Crippen molar-refractivity contribution in [3.63, 3.8) is 0 Å². The molecule has 0 saturated carbocycles. The zero-order valence-corrected chi connectivity index (χ0v) is 17.1. The van der Waals surface area contributed by atoms with Gasteiger partial charge in [0, 0.05) is 12.1 Å². The molecular weight excluding hydrogens is 384 g/mol. The summed E-state index contributed by atoms with van der Waals surface area (Å²) in [4.78, 5) is 12.7. The van der Waals surface area contributed by atoms with Crippen molar-refractivity contribution in [2.75, 3.05) is 17.6 Å². The van der Waals surface area contributed by atoms with Gasteiger partial charge in [0.05, 0.1) is 5.75 Å². The van der Waals surface area contributed by atoms with Crippen LogP contribution in [0.25, 0.3) is 10.6 Å². The Hall–Kier alpha value is -1.84. The van der Waals surface area contributed by atoms with E-state index in [2.05, 4.69) is 15.5 Å². The molecule has 2 heterocycles. The average Bonchev–Trinajstić information content (AvgIpc) is 3.30. The van der Waals surface area contributed by atoms with E-state index in [1.807, 2.05) is 38.1 Å². The minimum Gasteiger partial charge on any atom is -0.299 e. The molecule has 3 rings (SSSR count). The molecule has 0 radical (unpaired) electrons. The lowest BCUT2D eigenvalue weighted by Crippen LogP contribution is -2.44. The van der Waals surface area contributed by atoms with Gasteiger partial charge in [0.15, 0.2) is 0 Å². The second kappa shape index (κ2) is 8.45. The van der Waals surface area contributed by atoms with Crippen LogP contribution in [0.15, 0.2) is 24.3 Å². The molecule has 1 aliphatic rings. The van der Waals surface area contributed by atoms with Gasteiger partial charge in [-0.2, -0.15) is 4.31 Å². The Morgan fingerprint density at radius 2 is 2.19 bits per heavy atom. The van der Waals surface area contributed by atoms with Crippen LogP contribution < -0.4 is 5.32 Å². The fourth-order valence-corrected chi connectivity index (χ4v) is 5.76. The van der Waals surface area contributed by atoms with Crippen molar-refractivity contribution >= 4 is 32.4 Å². The van der Waals surface area contributed by atoms with Crippen LogP contribution in [0.5, 0.6) is 0 Å². The highest BCUT2D eigenvalue weighted by Crippen LogP contribution is 2.28. The van der Waals surface area contributed by atoms with E-state index < -0.39 is 16.1 Å². The largest absolute Gasteiger partial charge is 0.299 e. The van der Waals surface area contributed by atoms with E-state index in [1.165, 1.54) is 15.6 Å². The smallest absolute Gasteiger partial charge is 0.244 e. The number of aromatic nitrogens is 2. The maximum atomic E-state index is 12.7. The maximum absolute atomic E-state index is 12.7. The fraction of sp³-hybridized carbons (Fsp3) is 0.500. The van der Waals surface area contributed by atoms with Crippen LogP contribution in [-0.4, -0.2) is 47.2 Å². The Morgan fingerprint density at radius 3 is 2.93 bits per heavy atom. The summed E-state index contributed by atoms with van der Waals surface area (Å²) in [5, 5.41) is 12.0. The molecule has 1 aromatic heterocycles. The molecule has 0 spiro atoms. The number of hydrogen-bond acceptors (Lipinski definition) is 6. The van der Waals surface area contributed by atoms with Gasteiger partial charge in [0.1, 0.15) is 11.0 Å². The maximum Gasteiger partial charge on any atom is 0.244 e. The molecule has 1 N–H and O–H groups in total. The Bertz CT molecular complexity index is 911. The number of nitrogens with zero attached hydrogens (tertiary/aromatic N) is 3. The minimum atomic E-state index is -3.41. The van der Waals surface area contributed by atoms with E-state index in [-0.39, 0.29) is 11.7 Å². The highest BCUT2D eigenvalue weighted by atomic mass is 32.2. The molecule has 27 heavy (non-hydrogen) atoms. The normalized spacial score (nSPS) is 17.9. The summed E-state index contributed by atoms with van der Waals surface area (Å²) in [7, 11) is -3.41. The third-order valence-electron chi connectivity index (χ3n) is 4.54. The SMILES string of the molecule is CCCCS(=O)(=O)N1CCCC1C(=O)Nc1nnc(-c2cccc(C)c2)s1. The van der Waals surface area contributed by atoms with Crippen LogP contribution in [0, 0.1) is 6.92 Å². The van der Waals surface area contributed by atoms with Gasteiger partial charge < -0.3 is 0 Å². The van der Waals surface area contributed by atoms with Crippen molar-refractivity contribution < 1.29 is 13.2 Å². The molecule has 1 saturated heterocycles. The molecule has 2 aromatic rings. The molecule has 1 amide bonds. The number of rotatable bonds is 7. The number of benzene rings is 1. The summed E-state index contributed by atoms with van der Waals surface area (Å²) in [6.45, 7) is 4.35. The molecule has 1 aromatic carbocycles. The highest BCUT2D eigenvalue weighted by molar-refractivity contribution is 7.89. The first kappa shape index (κ1) is 19.9. The number of aryl methyl sites for hydroxylation is 1. The van der Waals surface area contributed by atoms with E-state index in [9.17, 15) is 13.2 Å². The first-order valence-electron chi connectivity index (χ1n) is 9.11. The monoisotopic (exact) mass is 408 g/mol. The zero-order chi connectivity index (χ0) is 19.4. The van der Waals surface area contributed by atoms with Gasteiger partial charge in [0.25, 0.3) is 0 Å². The van der Waals surface area contributed by atoms with Crippen molar-refractivity contribution in [1.82, 2.24) is 14.5 Å². The summed E-state index contributed by atoms with van der Waals surface area (Å²) in [5.41, 5.74) is 2.06. The van der Waals surface area contributed by atoms with E-state index in [0.717, 1.165) is 17.5 Å². The Kier molecular flexibility index (Phi) is 6.23. The second-order valence-corrected chi connectivity index (χ2v) is 9.73. The average molecular weight is 409 g/mol. The van der Waals surface area contributed by atoms with E-state index in [4.69, 9.17) is 0 Å². The Morgan fingerprint density at radius 1 is 1.37 bits per heavy atom. The van der Waals surface area contributed by atoms with Crippen molar-refractivity contribution in [3.05, 3.63) is 29.8 Å². The number of amides is 1. The molecule has 0 bridgehead atoms. The molecule has 1 unspecified atom stereocenters. The van der Waals surface area contributed by atoms with Crippen molar-refractivity contribution in [1.29, 1.82) is 0 Å². The molecule has 7 nitrogen and oxygen atoms in total. The Balaban J connectivity index is 1.70. The molecule has 0 aliphatic carbocycles. The summed E-state index contributed by atoms with van der Waals surface area (Å²) >= 11 is 1.28. The number of hydrogen-bond donors (Lipinski definition) is 1. The van der Waals surface area contributed by atoms with Gasteiger partial charge in [0.2, 0.25) is 21.1 Å². The molecular formula is C18H24N4O3S2. The van der Waals surface area contributed by atoms with Crippen LogP contribution in [0.4, 0.5) is 5.13 Å². The molecule has 1 aliphatic heterocycles. The minimum absolute atomic E-state index is 0.0869. The topological polar surface area (TPSA) is 92.3 Å². The van der Waals surface area contributed by atoms with Gasteiger partial charge in [-0.3, -0.25) is 10.1 Å². The predicted molar refractivity (Wildman–Crippen MR) is 107 cm³/mol. The first-order valence-corrected chi connectivity index (χ1v) is 11.5. The van der Waals surface area contributed by atoms with Crippen molar-refractivity contribution in [3.8, 4) is 10.6 Å². The van der Waals surface area contributed by atoms with Crippen LogP contribution >= 0.6 is 11.3 Å².